The molecule has 0 spiro atoms. The Morgan fingerprint density at radius 2 is 1.69 bits per heavy atom. The van der Waals surface area contributed by atoms with E-state index in [2.05, 4.69) is 26.0 Å². The molecule has 0 aromatic heterocycles. The highest BCUT2D eigenvalue weighted by molar-refractivity contribution is 9.10. The Kier molecular flexibility index (Phi) is 6.56. The van der Waals surface area contributed by atoms with Crippen LogP contribution < -0.4 is 14.8 Å². The van der Waals surface area contributed by atoms with E-state index in [0.717, 1.165) is 10.0 Å². The van der Waals surface area contributed by atoms with Gasteiger partial charge < -0.3 is 10.1 Å². The minimum atomic E-state index is -3.79. The fourth-order valence-electron chi connectivity index (χ4n) is 2.53. The van der Waals surface area contributed by atoms with Crippen molar-refractivity contribution in [2.45, 2.75) is 11.8 Å². The first kappa shape index (κ1) is 20.9. The molecule has 0 aliphatic rings. The number of nitrogens with one attached hydrogen (secondary N) is 2. The number of ether oxygens (including phenoxy) is 1. The molecule has 0 heterocycles. The number of para-hydroxylation sites is 1. The van der Waals surface area contributed by atoms with Crippen LogP contribution in [-0.4, -0.2) is 20.9 Å². The molecule has 29 heavy (non-hydrogen) atoms. The fourth-order valence-corrected chi connectivity index (χ4v) is 3.90. The zero-order chi connectivity index (χ0) is 20.9. The minimum Gasteiger partial charge on any atom is -0.483 e. The first-order valence-corrected chi connectivity index (χ1v) is 11.0. The molecule has 6 nitrogen and oxygen atoms in total. The van der Waals surface area contributed by atoms with E-state index in [4.69, 9.17) is 4.74 Å². The molecular formula is C21H19BrN2O4S. The van der Waals surface area contributed by atoms with Crippen molar-refractivity contribution in [3.05, 3.63) is 82.8 Å². The molecule has 3 aromatic carbocycles. The van der Waals surface area contributed by atoms with Gasteiger partial charge in [0, 0.05) is 15.8 Å². The van der Waals surface area contributed by atoms with Crippen LogP contribution >= 0.6 is 15.9 Å². The second-order valence-electron chi connectivity index (χ2n) is 6.24. The average Bonchev–Trinajstić information content (AvgIpc) is 2.69. The monoisotopic (exact) mass is 474 g/mol. The topological polar surface area (TPSA) is 84.5 Å². The molecule has 8 heteroatoms. The molecule has 1 amide bonds. The van der Waals surface area contributed by atoms with E-state index in [-0.39, 0.29) is 17.4 Å². The maximum atomic E-state index is 12.6. The number of amides is 1. The Morgan fingerprint density at radius 3 is 2.41 bits per heavy atom. The second kappa shape index (κ2) is 9.11. The van der Waals surface area contributed by atoms with E-state index in [1.807, 2.05) is 25.1 Å². The number of aryl methyl sites for hydroxylation is 1. The molecule has 3 aromatic rings. The van der Waals surface area contributed by atoms with Crippen LogP contribution in [0.4, 0.5) is 11.4 Å². The van der Waals surface area contributed by atoms with Crippen molar-refractivity contribution >= 4 is 43.2 Å². The highest BCUT2D eigenvalue weighted by Gasteiger charge is 2.15. The van der Waals surface area contributed by atoms with Gasteiger partial charge in [-0.3, -0.25) is 9.52 Å². The predicted octanol–water partition coefficient (Wildman–Crippen LogP) is 4.58. The molecule has 0 aliphatic carbocycles. The van der Waals surface area contributed by atoms with Crippen LogP contribution in [0.1, 0.15) is 5.56 Å². The van der Waals surface area contributed by atoms with Crippen molar-refractivity contribution in [2.75, 3.05) is 16.6 Å². The van der Waals surface area contributed by atoms with E-state index in [1.54, 1.807) is 42.5 Å². The third-order valence-corrected chi connectivity index (χ3v) is 5.88. The lowest BCUT2D eigenvalue weighted by Crippen LogP contribution is -2.21. The van der Waals surface area contributed by atoms with Gasteiger partial charge in [-0.15, -0.1) is 0 Å². The fraction of sp³-hybridized carbons (Fsp3) is 0.0952. The molecule has 150 valence electrons. The van der Waals surface area contributed by atoms with E-state index in [9.17, 15) is 13.2 Å². The zero-order valence-corrected chi connectivity index (χ0v) is 18.0. The first-order chi connectivity index (χ1) is 13.8. The van der Waals surface area contributed by atoms with Crippen LogP contribution in [0.3, 0.4) is 0 Å². The number of hydrogen-bond donors (Lipinski definition) is 2. The van der Waals surface area contributed by atoms with Crippen molar-refractivity contribution in [1.82, 2.24) is 0 Å². The molecule has 0 saturated carbocycles. The van der Waals surface area contributed by atoms with Crippen LogP contribution in [0.2, 0.25) is 0 Å². The molecule has 0 unspecified atom stereocenters. The highest BCUT2D eigenvalue weighted by atomic mass is 79.9. The number of anilines is 2. The SMILES string of the molecule is Cc1ccccc1OCC(=O)Nc1cccc(S(=O)(=O)Nc2ccc(Br)cc2)c1. The van der Waals surface area contributed by atoms with Gasteiger partial charge in [-0.2, -0.15) is 0 Å². The van der Waals surface area contributed by atoms with Crippen LogP contribution in [-0.2, 0) is 14.8 Å². The molecule has 3 rings (SSSR count). The number of carbonyl (C=O) groups is 1. The van der Waals surface area contributed by atoms with Crippen molar-refractivity contribution in [3.63, 3.8) is 0 Å². The Labute approximate surface area is 178 Å². The summed E-state index contributed by atoms with van der Waals surface area (Å²) in [5.74, 6) is 0.237. The summed E-state index contributed by atoms with van der Waals surface area (Å²) >= 11 is 3.31. The van der Waals surface area contributed by atoms with Gasteiger partial charge in [0.15, 0.2) is 6.61 Å². The van der Waals surface area contributed by atoms with Crippen molar-refractivity contribution in [3.8, 4) is 5.75 Å². The van der Waals surface area contributed by atoms with Gasteiger partial charge in [-0.1, -0.05) is 40.2 Å². The molecular weight excluding hydrogens is 456 g/mol. The maximum absolute atomic E-state index is 12.6. The summed E-state index contributed by atoms with van der Waals surface area (Å²) < 4.78 is 34.1. The lowest BCUT2D eigenvalue weighted by atomic mass is 10.2. The van der Waals surface area contributed by atoms with Gasteiger partial charge >= 0.3 is 0 Å². The van der Waals surface area contributed by atoms with Crippen LogP contribution in [0, 0.1) is 6.92 Å². The Balaban J connectivity index is 1.66. The summed E-state index contributed by atoms with van der Waals surface area (Å²) in [6, 6.07) is 20.2. The number of sulfonamides is 1. The van der Waals surface area contributed by atoms with Gasteiger partial charge in [-0.25, -0.2) is 8.42 Å². The van der Waals surface area contributed by atoms with Gasteiger partial charge in [-0.05, 0) is 61.0 Å². The molecule has 0 fully saturated rings. The lowest BCUT2D eigenvalue weighted by Gasteiger charge is -2.11. The molecule has 0 aliphatic heterocycles. The van der Waals surface area contributed by atoms with Gasteiger partial charge in [0.05, 0.1) is 4.90 Å². The Morgan fingerprint density at radius 1 is 0.966 bits per heavy atom. The van der Waals surface area contributed by atoms with Gasteiger partial charge in [0.2, 0.25) is 0 Å². The third kappa shape index (κ3) is 5.82. The van der Waals surface area contributed by atoms with Gasteiger partial charge in [0.25, 0.3) is 15.9 Å². The summed E-state index contributed by atoms with van der Waals surface area (Å²) in [5, 5.41) is 2.65. The van der Waals surface area contributed by atoms with E-state index in [0.29, 0.717) is 17.1 Å². The quantitative estimate of drug-likeness (QED) is 0.524. The third-order valence-electron chi connectivity index (χ3n) is 3.98. The molecule has 0 bridgehead atoms. The predicted molar refractivity (Wildman–Crippen MR) is 117 cm³/mol. The van der Waals surface area contributed by atoms with E-state index >= 15 is 0 Å². The van der Waals surface area contributed by atoms with Gasteiger partial charge in [0.1, 0.15) is 5.75 Å². The number of hydrogen-bond acceptors (Lipinski definition) is 4. The molecule has 0 radical (unpaired) electrons. The lowest BCUT2D eigenvalue weighted by molar-refractivity contribution is -0.118. The normalized spacial score (nSPS) is 11.0. The van der Waals surface area contributed by atoms with Crippen LogP contribution in [0.15, 0.2) is 82.2 Å². The summed E-state index contributed by atoms with van der Waals surface area (Å²) in [4.78, 5) is 12.2. The number of rotatable bonds is 7. The summed E-state index contributed by atoms with van der Waals surface area (Å²) in [5.41, 5.74) is 1.73. The summed E-state index contributed by atoms with van der Waals surface area (Å²) in [6.45, 7) is 1.71. The zero-order valence-electron chi connectivity index (χ0n) is 15.6. The number of carbonyl (C=O) groups excluding carboxylic acids is 1. The second-order valence-corrected chi connectivity index (χ2v) is 8.84. The van der Waals surface area contributed by atoms with Crippen LogP contribution in [0.5, 0.6) is 5.75 Å². The molecule has 2 N–H and O–H groups in total. The maximum Gasteiger partial charge on any atom is 0.262 e. The first-order valence-electron chi connectivity index (χ1n) is 8.70. The number of benzene rings is 3. The number of halogens is 1. The average molecular weight is 475 g/mol. The Bertz CT molecular complexity index is 1120. The summed E-state index contributed by atoms with van der Waals surface area (Å²) in [6.07, 6.45) is 0. The smallest absolute Gasteiger partial charge is 0.262 e. The Hall–Kier alpha value is -2.84. The molecule has 0 saturated heterocycles. The largest absolute Gasteiger partial charge is 0.483 e. The van der Waals surface area contributed by atoms with Crippen LogP contribution in [0.25, 0.3) is 0 Å². The molecule has 0 atom stereocenters. The van der Waals surface area contributed by atoms with E-state index < -0.39 is 10.0 Å². The van der Waals surface area contributed by atoms with Crippen molar-refractivity contribution < 1.29 is 17.9 Å². The standard InChI is InChI=1S/C21H19BrN2O4S/c1-15-5-2-3-8-20(15)28-14-21(25)23-18-6-4-7-19(13-18)29(26,27)24-17-11-9-16(22)10-12-17/h2-13,24H,14H2,1H3,(H,23,25). The summed E-state index contributed by atoms with van der Waals surface area (Å²) in [7, 11) is -3.79. The van der Waals surface area contributed by atoms with Crippen molar-refractivity contribution in [2.24, 2.45) is 0 Å². The van der Waals surface area contributed by atoms with Crippen molar-refractivity contribution in [1.29, 1.82) is 0 Å². The highest BCUT2D eigenvalue weighted by Crippen LogP contribution is 2.21. The minimum absolute atomic E-state index is 0.0399. The van der Waals surface area contributed by atoms with E-state index in [1.165, 1.54) is 12.1 Å².